The van der Waals surface area contributed by atoms with Gasteiger partial charge in [-0.3, -0.25) is 4.79 Å². The Kier molecular flexibility index (Phi) is 4.96. The van der Waals surface area contributed by atoms with Crippen LogP contribution < -0.4 is 4.80 Å². The lowest BCUT2D eigenvalue weighted by Gasteiger charge is -2.15. The van der Waals surface area contributed by atoms with Gasteiger partial charge in [-0.25, -0.2) is 4.99 Å². The highest BCUT2D eigenvalue weighted by atomic mass is 32.1. The fourth-order valence-corrected chi connectivity index (χ4v) is 3.79. The fourth-order valence-electron chi connectivity index (χ4n) is 2.86. The van der Waals surface area contributed by atoms with Crippen molar-refractivity contribution >= 4 is 22.9 Å². The largest absolute Gasteiger partial charge is 0.343 e. The van der Waals surface area contributed by atoms with Gasteiger partial charge in [0.05, 0.1) is 5.69 Å². The Hall–Kier alpha value is -1.88. The molecule has 1 saturated heterocycles. The van der Waals surface area contributed by atoms with Crippen LogP contribution in [0.15, 0.2) is 34.6 Å². The molecule has 2 heterocycles. The lowest BCUT2D eigenvalue weighted by Crippen LogP contribution is -2.27. The Bertz CT molecular complexity index is 742. The third-order valence-corrected chi connectivity index (χ3v) is 5.21. The van der Waals surface area contributed by atoms with Gasteiger partial charge in [-0.2, -0.15) is 0 Å². The molecule has 1 amide bonds. The summed E-state index contributed by atoms with van der Waals surface area (Å²) in [6.07, 6.45) is 2.71. The highest BCUT2D eigenvalue weighted by Gasteiger charge is 2.19. The van der Waals surface area contributed by atoms with Crippen LogP contribution in [0.2, 0.25) is 0 Å². The van der Waals surface area contributed by atoms with E-state index in [1.807, 2.05) is 4.90 Å². The second-order valence-corrected chi connectivity index (χ2v) is 6.93. The van der Waals surface area contributed by atoms with E-state index in [1.54, 1.807) is 11.3 Å². The molecule has 0 N–H and O–H groups in total. The van der Waals surface area contributed by atoms with E-state index >= 15 is 0 Å². The predicted molar refractivity (Wildman–Crippen MR) is 93.9 cm³/mol. The van der Waals surface area contributed by atoms with E-state index in [4.69, 9.17) is 4.99 Å². The molecule has 0 unspecified atom stereocenters. The molecule has 1 aromatic heterocycles. The number of thiazole rings is 1. The van der Waals surface area contributed by atoms with Crippen molar-refractivity contribution in [2.24, 2.45) is 4.99 Å². The summed E-state index contributed by atoms with van der Waals surface area (Å²) in [7, 11) is 0. The SMILES string of the molecule is Cc1ccc(N=c2scc(C)n2CCCN2CCCC2=O)cc1. The van der Waals surface area contributed by atoms with Crippen molar-refractivity contribution in [1.82, 2.24) is 9.47 Å². The molecule has 1 aromatic carbocycles. The maximum absolute atomic E-state index is 11.7. The minimum Gasteiger partial charge on any atom is -0.343 e. The van der Waals surface area contributed by atoms with Gasteiger partial charge in [0.15, 0.2) is 4.80 Å². The molecule has 0 aliphatic carbocycles. The van der Waals surface area contributed by atoms with Crippen LogP contribution in [0, 0.1) is 13.8 Å². The quantitative estimate of drug-likeness (QED) is 0.828. The zero-order valence-electron chi connectivity index (χ0n) is 13.8. The van der Waals surface area contributed by atoms with Gasteiger partial charge in [0, 0.05) is 37.1 Å². The summed E-state index contributed by atoms with van der Waals surface area (Å²) >= 11 is 1.67. The number of amides is 1. The average Bonchev–Trinajstić information content (AvgIpc) is 3.10. The lowest BCUT2D eigenvalue weighted by atomic mass is 10.2. The molecule has 0 saturated carbocycles. The molecular weight excluding hydrogens is 306 g/mol. The number of likely N-dealkylation sites (tertiary alicyclic amines) is 1. The van der Waals surface area contributed by atoms with Gasteiger partial charge in [0.2, 0.25) is 5.91 Å². The summed E-state index contributed by atoms with van der Waals surface area (Å²) < 4.78 is 2.26. The molecule has 1 aliphatic rings. The summed E-state index contributed by atoms with van der Waals surface area (Å²) in [6, 6.07) is 8.28. The minimum atomic E-state index is 0.307. The van der Waals surface area contributed by atoms with Crippen LogP contribution in [0.4, 0.5) is 5.69 Å². The number of aryl methyl sites for hydroxylation is 2. The maximum atomic E-state index is 11.7. The number of nitrogens with zero attached hydrogens (tertiary/aromatic N) is 3. The molecule has 2 aromatic rings. The Morgan fingerprint density at radius 3 is 2.65 bits per heavy atom. The van der Waals surface area contributed by atoms with E-state index in [1.165, 1.54) is 11.3 Å². The van der Waals surface area contributed by atoms with E-state index in [0.29, 0.717) is 5.91 Å². The number of carbonyl (C=O) groups excluding carboxylic acids is 1. The molecule has 4 nitrogen and oxygen atoms in total. The number of hydrogen-bond donors (Lipinski definition) is 0. The Labute approximate surface area is 141 Å². The van der Waals surface area contributed by atoms with Crippen LogP contribution in [0.5, 0.6) is 0 Å². The molecular formula is C18H23N3OS. The monoisotopic (exact) mass is 329 g/mol. The van der Waals surface area contributed by atoms with Crippen LogP contribution in [-0.4, -0.2) is 28.5 Å². The fraction of sp³-hybridized carbons (Fsp3) is 0.444. The molecule has 122 valence electrons. The lowest BCUT2D eigenvalue weighted by molar-refractivity contribution is -0.127. The van der Waals surface area contributed by atoms with Crippen LogP contribution in [0.3, 0.4) is 0 Å². The van der Waals surface area contributed by atoms with Gasteiger partial charge in [0.25, 0.3) is 0 Å². The van der Waals surface area contributed by atoms with Gasteiger partial charge in [0.1, 0.15) is 0 Å². The Morgan fingerprint density at radius 1 is 1.17 bits per heavy atom. The second-order valence-electron chi connectivity index (χ2n) is 6.10. The van der Waals surface area contributed by atoms with E-state index in [0.717, 1.165) is 49.4 Å². The number of hydrogen-bond acceptors (Lipinski definition) is 3. The highest BCUT2D eigenvalue weighted by molar-refractivity contribution is 7.07. The first kappa shape index (κ1) is 16.0. The van der Waals surface area contributed by atoms with Crippen molar-refractivity contribution in [1.29, 1.82) is 0 Å². The molecule has 0 atom stereocenters. The zero-order valence-corrected chi connectivity index (χ0v) is 14.6. The van der Waals surface area contributed by atoms with Gasteiger partial charge in [-0.1, -0.05) is 17.7 Å². The second kappa shape index (κ2) is 7.13. The predicted octanol–water partition coefficient (Wildman–Crippen LogP) is 3.41. The van der Waals surface area contributed by atoms with Crippen LogP contribution in [-0.2, 0) is 11.3 Å². The summed E-state index contributed by atoms with van der Waals surface area (Å²) in [5.41, 5.74) is 3.46. The van der Waals surface area contributed by atoms with Gasteiger partial charge >= 0.3 is 0 Å². The zero-order chi connectivity index (χ0) is 16.2. The van der Waals surface area contributed by atoms with Crippen LogP contribution in [0.1, 0.15) is 30.5 Å². The first-order chi connectivity index (χ1) is 11.1. The smallest absolute Gasteiger partial charge is 0.222 e. The maximum Gasteiger partial charge on any atom is 0.222 e. The van der Waals surface area contributed by atoms with Crippen molar-refractivity contribution < 1.29 is 4.79 Å². The Balaban J connectivity index is 1.71. The summed E-state index contributed by atoms with van der Waals surface area (Å²) in [5, 5.41) is 2.15. The van der Waals surface area contributed by atoms with Crippen LogP contribution in [0.25, 0.3) is 0 Å². The van der Waals surface area contributed by atoms with Crippen LogP contribution >= 0.6 is 11.3 Å². The highest BCUT2D eigenvalue weighted by Crippen LogP contribution is 2.13. The number of aromatic nitrogens is 1. The summed E-state index contributed by atoms with van der Waals surface area (Å²) in [5.74, 6) is 0.307. The number of carbonyl (C=O) groups is 1. The minimum absolute atomic E-state index is 0.307. The third-order valence-electron chi connectivity index (χ3n) is 4.23. The average molecular weight is 329 g/mol. The molecule has 3 rings (SSSR count). The summed E-state index contributed by atoms with van der Waals surface area (Å²) in [4.78, 5) is 19.5. The van der Waals surface area contributed by atoms with E-state index in [2.05, 4.69) is 48.1 Å². The first-order valence-electron chi connectivity index (χ1n) is 8.17. The molecule has 0 radical (unpaired) electrons. The molecule has 0 bridgehead atoms. The normalized spacial score (nSPS) is 15.7. The van der Waals surface area contributed by atoms with Gasteiger partial charge in [-0.05, 0) is 38.8 Å². The summed E-state index contributed by atoms with van der Waals surface area (Å²) in [6.45, 7) is 6.88. The third kappa shape index (κ3) is 3.91. The van der Waals surface area contributed by atoms with Crippen molar-refractivity contribution in [2.75, 3.05) is 13.1 Å². The van der Waals surface area contributed by atoms with Gasteiger partial charge in [-0.15, -0.1) is 11.3 Å². The molecule has 23 heavy (non-hydrogen) atoms. The first-order valence-corrected chi connectivity index (χ1v) is 9.05. The van der Waals surface area contributed by atoms with E-state index in [-0.39, 0.29) is 0 Å². The van der Waals surface area contributed by atoms with Crippen molar-refractivity contribution in [3.05, 3.63) is 45.7 Å². The van der Waals surface area contributed by atoms with Gasteiger partial charge < -0.3 is 9.47 Å². The molecule has 0 spiro atoms. The Morgan fingerprint density at radius 2 is 1.96 bits per heavy atom. The number of benzene rings is 1. The van der Waals surface area contributed by atoms with Crippen molar-refractivity contribution in [2.45, 2.75) is 39.7 Å². The van der Waals surface area contributed by atoms with Crippen molar-refractivity contribution in [3.8, 4) is 0 Å². The topological polar surface area (TPSA) is 37.6 Å². The van der Waals surface area contributed by atoms with Crippen molar-refractivity contribution in [3.63, 3.8) is 0 Å². The molecule has 1 aliphatic heterocycles. The molecule has 5 heteroatoms. The number of rotatable bonds is 5. The van der Waals surface area contributed by atoms with E-state index in [9.17, 15) is 4.79 Å². The van der Waals surface area contributed by atoms with E-state index < -0.39 is 0 Å². The molecule has 1 fully saturated rings. The standard InChI is InChI=1S/C18H23N3OS/c1-14-6-8-16(9-7-14)19-18-21(15(2)13-23-18)12-4-11-20-10-3-5-17(20)22/h6-9,13H,3-5,10-12H2,1-2H3.